The van der Waals surface area contributed by atoms with Gasteiger partial charge in [0.15, 0.2) is 11.0 Å². The van der Waals surface area contributed by atoms with E-state index in [1.54, 1.807) is 0 Å². The molecule has 0 aliphatic heterocycles. The Kier molecular flexibility index (Phi) is 7.00. The maximum absolute atomic E-state index is 12.7. The fourth-order valence-corrected chi connectivity index (χ4v) is 4.76. The fraction of sp³-hybridized carbons (Fsp3) is 0.138. The number of aromatic nitrogens is 3. The van der Waals surface area contributed by atoms with Crippen LogP contribution < -0.4 is 10.1 Å². The molecule has 0 fully saturated rings. The maximum atomic E-state index is 12.7. The quantitative estimate of drug-likeness (QED) is 0.255. The topological polar surface area (TPSA) is 69.0 Å². The third-order valence-corrected chi connectivity index (χ3v) is 6.96. The molecule has 0 spiro atoms. The number of ether oxygens (including phenoxy) is 1. The highest BCUT2D eigenvalue weighted by molar-refractivity contribution is 7.99. The molecule has 4 aromatic carbocycles. The number of carbonyl (C=O) groups is 1. The van der Waals surface area contributed by atoms with Gasteiger partial charge in [-0.15, -0.1) is 10.2 Å². The largest absolute Gasteiger partial charge is 0.485 e. The predicted octanol–water partition coefficient (Wildman–Crippen LogP) is 6.35. The van der Waals surface area contributed by atoms with Crippen LogP contribution in [-0.4, -0.2) is 26.4 Å². The second-order valence-electron chi connectivity index (χ2n) is 8.42. The number of rotatable bonds is 8. The molecule has 0 bridgehead atoms. The van der Waals surface area contributed by atoms with Crippen LogP contribution in [0.2, 0.25) is 0 Å². The van der Waals surface area contributed by atoms with Crippen molar-refractivity contribution in [2.45, 2.75) is 25.6 Å². The van der Waals surface area contributed by atoms with Gasteiger partial charge in [0.2, 0.25) is 5.91 Å². The highest BCUT2D eigenvalue weighted by Gasteiger charge is 2.17. The molecule has 0 unspecified atom stereocenters. The number of thioether (sulfide) groups is 1. The van der Waals surface area contributed by atoms with Gasteiger partial charge < -0.3 is 10.1 Å². The minimum absolute atomic E-state index is 0.0927. The molecule has 1 heterocycles. The molecule has 7 heteroatoms. The van der Waals surface area contributed by atoms with Crippen LogP contribution in [0.5, 0.6) is 5.75 Å². The summed E-state index contributed by atoms with van der Waals surface area (Å²) in [5.41, 5.74) is 3.95. The Hall–Kier alpha value is -4.10. The van der Waals surface area contributed by atoms with E-state index in [1.165, 1.54) is 11.8 Å². The van der Waals surface area contributed by atoms with E-state index in [-0.39, 0.29) is 18.3 Å². The van der Waals surface area contributed by atoms with Crippen LogP contribution >= 0.6 is 11.8 Å². The summed E-state index contributed by atoms with van der Waals surface area (Å²) in [6.45, 7) is 4.28. The van der Waals surface area contributed by atoms with E-state index in [1.807, 2.05) is 97.3 Å². The number of carbonyl (C=O) groups excluding carboxylic acids is 1. The molecular weight excluding hydrogens is 468 g/mol. The Morgan fingerprint density at radius 1 is 0.889 bits per heavy atom. The average Bonchev–Trinajstić information content (AvgIpc) is 3.32. The van der Waals surface area contributed by atoms with Crippen LogP contribution in [0.25, 0.3) is 16.5 Å². The summed E-state index contributed by atoms with van der Waals surface area (Å²) in [5.74, 6) is 1.57. The van der Waals surface area contributed by atoms with Gasteiger partial charge >= 0.3 is 0 Å². The fourth-order valence-electron chi connectivity index (χ4n) is 3.99. The third kappa shape index (κ3) is 5.11. The Morgan fingerprint density at radius 3 is 2.50 bits per heavy atom. The molecule has 0 saturated heterocycles. The highest BCUT2D eigenvalue weighted by Crippen LogP contribution is 2.28. The minimum atomic E-state index is -0.0927. The maximum Gasteiger partial charge on any atom is 0.234 e. The van der Waals surface area contributed by atoms with Gasteiger partial charge in [-0.3, -0.25) is 9.36 Å². The van der Waals surface area contributed by atoms with Crippen LogP contribution in [0.1, 0.15) is 17.0 Å². The van der Waals surface area contributed by atoms with Crippen molar-refractivity contribution < 1.29 is 9.53 Å². The van der Waals surface area contributed by atoms with Crippen LogP contribution in [0.3, 0.4) is 0 Å². The van der Waals surface area contributed by atoms with E-state index >= 15 is 0 Å². The number of amides is 1. The first-order valence-electron chi connectivity index (χ1n) is 11.7. The van der Waals surface area contributed by atoms with Gasteiger partial charge in [-0.2, -0.15) is 0 Å². The van der Waals surface area contributed by atoms with Crippen LogP contribution in [0.4, 0.5) is 5.69 Å². The van der Waals surface area contributed by atoms with Gasteiger partial charge in [-0.25, -0.2) is 0 Å². The molecule has 36 heavy (non-hydrogen) atoms. The minimum Gasteiger partial charge on any atom is -0.485 e. The number of fused-ring (bicyclic) bond motifs is 1. The Morgan fingerprint density at radius 2 is 1.64 bits per heavy atom. The molecule has 0 atom stereocenters. The number of anilines is 1. The van der Waals surface area contributed by atoms with E-state index in [0.717, 1.165) is 39.0 Å². The summed E-state index contributed by atoms with van der Waals surface area (Å²) in [7, 11) is 0. The zero-order valence-corrected chi connectivity index (χ0v) is 21.0. The Labute approximate surface area is 214 Å². The van der Waals surface area contributed by atoms with Crippen molar-refractivity contribution >= 4 is 34.1 Å². The molecule has 5 rings (SSSR count). The van der Waals surface area contributed by atoms with Gasteiger partial charge in [-0.05, 0) is 54.6 Å². The normalized spacial score (nSPS) is 10.9. The van der Waals surface area contributed by atoms with E-state index in [2.05, 4.69) is 27.6 Å². The zero-order valence-electron chi connectivity index (χ0n) is 20.1. The van der Waals surface area contributed by atoms with Gasteiger partial charge in [0, 0.05) is 16.8 Å². The number of nitrogens with one attached hydrogen (secondary N) is 1. The molecule has 5 aromatic rings. The smallest absolute Gasteiger partial charge is 0.234 e. The second kappa shape index (κ2) is 10.7. The van der Waals surface area contributed by atoms with Crippen LogP contribution in [0.15, 0.2) is 96.2 Å². The number of para-hydroxylation sites is 1. The molecule has 1 N–H and O–H groups in total. The lowest BCUT2D eigenvalue weighted by molar-refractivity contribution is -0.113. The summed E-state index contributed by atoms with van der Waals surface area (Å²) >= 11 is 1.35. The van der Waals surface area contributed by atoms with Crippen molar-refractivity contribution in [3.8, 4) is 11.4 Å². The highest BCUT2D eigenvalue weighted by atomic mass is 32.2. The monoisotopic (exact) mass is 494 g/mol. The summed E-state index contributed by atoms with van der Waals surface area (Å²) < 4.78 is 8.14. The van der Waals surface area contributed by atoms with E-state index in [4.69, 9.17) is 4.74 Å². The summed E-state index contributed by atoms with van der Waals surface area (Å²) in [6, 6.07) is 29.9. The molecular formula is C29H26N4O2S. The van der Waals surface area contributed by atoms with Crippen molar-refractivity contribution in [1.82, 2.24) is 14.8 Å². The van der Waals surface area contributed by atoms with Crippen molar-refractivity contribution in [3.63, 3.8) is 0 Å². The first kappa shape index (κ1) is 23.6. The number of hydrogen-bond donors (Lipinski definition) is 1. The van der Waals surface area contributed by atoms with Crippen LogP contribution in [-0.2, 0) is 11.4 Å². The first-order chi connectivity index (χ1) is 17.6. The first-order valence-corrected chi connectivity index (χ1v) is 12.7. The van der Waals surface area contributed by atoms with Crippen molar-refractivity contribution in [3.05, 3.63) is 108 Å². The summed E-state index contributed by atoms with van der Waals surface area (Å²) in [4.78, 5) is 12.7. The SMILES string of the molecule is Cc1cccc(NC(=O)CSc2nnc(COc3cccc4ccccc34)n2-c2ccccc2)c1C. The predicted molar refractivity (Wildman–Crippen MR) is 145 cm³/mol. The van der Waals surface area contributed by atoms with E-state index < -0.39 is 0 Å². The summed E-state index contributed by atoms with van der Waals surface area (Å²) in [6.07, 6.45) is 0. The van der Waals surface area contributed by atoms with Gasteiger partial charge in [0.25, 0.3) is 0 Å². The van der Waals surface area contributed by atoms with Crippen molar-refractivity contribution in [2.75, 3.05) is 11.1 Å². The molecule has 1 aromatic heterocycles. The third-order valence-electron chi connectivity index (χ3n) is 6.03. The Balaban J connectivity index is 1.35. The lowest BCUT2D eigenvalue weighted by atomic mass is 10.1. The summed E-state index contributed by atoms with van der Waals surface area (Å²) in [5, 5.41) is 14.6. The van der Waals surface area contributed by atoms with Gasteiger partial charge in [0.1, 0.15) is 12.4 Å². The second-order valence-corrected chi connectivity index (χ2v) is 9.36. The number of benzene rings is 4. The molecule has 6 nitrogen and oxygen atoms in total. The standard InChI is InChI=1S/C29H26N4O2S/c1-20-10-8-16-25(21(20)2)30-28(34)19-36-29-32-31-27(33(29)23-13-4-3-5-14-23)18-35-26-17-9-12-22-11-6-7-15-24(22)26/h3-17H,18-19H2,1-2H3,(H,30,34). The molecule has 0 saturated carbocycles. The molecule has 0 aliphatic rings. The Bertz CT molecular complexity index is 1510. The van der Waals surface area contributed by atoms with Crippen molar-refractivity contribution in [2.24, 2.45) is 0 Å². The van der Waals surface area contributed by atoms with Gasteiger partial charge in [0.05, 0.1) is 5.75 Å². The number of nitrogens with zero attached hydrogens (tertiary/aromatic N) is 3. The number of hydrogen-bond acceptors (Lipinski definition) is 5. The molecule has 1 amide bonds. The van der Waals surface area contributed by atoms with Crippen molar-refractivity contribution in [1.29, 1.82) is 0 Å². The van der Waals surface area contributed by atoms with E-state index in [9.17, 15) is 4.79 Å². The number of aryl methyl sites for hydroxylation is 1. The molecule has 180 valence electrons. The average molecular weight is 495 g/mol. The van der Waals surface area contributed by atoms with Gasteiger partial charge in [-0.1, -0.05) is 78.5 Å². The zero-order chi connectivity index (χ0) is 24.9. The lowest BCUT2D eigenvalue weighted by Crippen LogP contribution is -2.15. The lowest BCUT2D eigenvalue weighted by Gasteiger charge is -2.13. The molecule has 0 radical (unpaired) electrons. The van der Waals surface area contributed by atoms with E-state index in [0.29, 0.717) is 11.0 Å². The molecule has 0 aliphatic carbocycles. The van der Waals surface area contributed by atoms with Crippen LogP contribution in [0, 0.1) is 13.8 Å².